The molecule has 1 aliphatic rings. The van der Waals surface area contributed by atoms with E-state index in [4.69, 9.17) is 4.74 Å². The van der Waals surface area contributed by atoms with Crippen molar-refractivity contribution < 1.29 is 13.7 Å². The number of amides is 1. The van der Waals surface area contributed by atoms with Gasteiger partial charge in [-0.1, -0.05) is 0 Å². The van der Waals surface area contributed by atoms with Crippen molar-refractivity contribution in [2.45, 2.75) is 51.2 Å². The van der Waals surface area contributed by atoms with Crippen LogP contribution in [0.5, 0.6) is 0 Å². The zero-order valence-electron chi connectivity index (χ0n) is 14.2. The summed E-state index contributed by atoms with van der Waals surface area (Å²) < 4.78 is 17.8. The Hall–Kier alpha value is -1.50. The minimum absolute atomic E-state index is 0.195. The van der Waals surface area contributed by atoms with Crippen LogP contribution < -0.4 is 0 Å². The highest BCUT2D eigenvalue weighted by molar-refractivity contribution is 7.84. The van der Waals surface area contributed by atoms with Gasteiger partial charge in [0.15, 0.2) is 0 Å². The maximum absolute atomic E-state index is 12.4. The third kappa shape index (κ3) is 5.57. The van der Waals surface area contributed by atoms with Gasteiger partial charge in [-0.15, -0.1) is 5.10 Å². The second kappa shape index (κ2) is 7.38. The molecule has 0 unspecified atom stereocenters. The van der Waals surface area contributed by atoms with Crippen LogP contribution in [-0.4, -0.2) is 49.8 Å². The molecule has 1 saturated heterocycles. The molecule has 1 aromatic heterocycles. The number of nitrogens with zero attached hydrogens (tertiary/aromatic N) is 3. The molecule has 0 saturated carbocycles. The Morgan fingerprint density at radius 2 is 2.13 bits per heavy atom. The molecule has 1 fully saturated rings. The molecule has 23 heavy (non-hydrogen) atoms. The summed E-state index contributed by atoms with van der Waals surface area (Å²) in [5, 5.41) is 8.44. The molecule has 7 heteroatoms. The van der Waals surface area contributed by atoms with Gasteiger partial charge in [-0.05, 0) is 58.6 Å². The van der Waals surface area contributed by atoms with Gasteiger partial charge < -0.3 is 9.64 Å². The quantitative estimate of drug-likeness (QED) is 0.846. The van der Waals surface area contributed by atoms with E-state index in [0.717, 1.165) is 18.5 Å². The van der Waals surface area contributed by atoms with Gasteiger partial charge in [-0.25, -0.2) is 4.79 Å². The van der Waals surface area contributed by atoms with Gasteiger partial charge in [-0.2, -0.15) is 5.10 Å². The fraction of sp³-hybridized carbons (Fsp3) is 0.688. The summed E-state index contributed by atoms with van der Waals surface area (Å²) >= 11 is 0. The Balaban J connectivity index is 1.92. The Morgan fingerprint density at radius 1 is 1.39 bits per heavy atom. The Labute approximate surface area is 140 Å². The number of likely N-dealkylation sites (tertiary alicyclic amines) is 1. The second-order valence-corrected chi connectivity index (χ2v) is 8.40. The lowest BCUT2D eigenvalue weighted by atomic mass is 10.0. The number of rotatable bonds is 3. The number of aromatic nitrogens is 2. The number of carbonyl (C=O) groups excluding carboxylic acids is 1. The lowest BCUT2D eigenvalue weighted by Crippen LogP contribution is -2.44. The first-order valence-corrected chi connectivity index (χ1v) is 9.23. The summed E-state index contributed by atoms with van der Waals surface area (Å²) in [6.07, 6.45) is 1.58. The lowest BCUT2D eigenvalue weighted by molar-refractivity contribution is 0.0176. The highest BCUT2D eigenvalue weighted by Crippen LogP contribution is 2.21. The fourth-order valence-electron chi connectivity index (χ4n) is 2.50. The third-order valence-corrected chi connectivity index (χ3v) is 5.02. The van der Waals surface area contributed by atoms with Crippen LogP contribution in [0.25, 0.3) is 0 Å². The van der Waals surface area contributed by atoms with Crippen LogP contribution in [-0.2, 0) is 15.5 Å². The normalized spacial score (nSPS) is 20.2. The van der Waals surface area contributed by atoms with E-state index in [-0.39, 0.29) is 12.0 Å². The summed E-state index contributed by atoms with van der Waals surface area (Å²) in [4.78, 5) is 13.9. The van der Waals surface area contributed by atoms with Crippen LogP contribution in [0.1, 0.15) is 39.3 Å². The topological polar surface area (TPSA) is 72.4 Å². The smallest absolute Gasteiger partial charge is 0.410 e. The van der Waals surface area contributed by atoms with Gasteiger partial charge >= 0.3 is 6.09 Å². The van der Waals surface area contributed by atoms with Crippen LogP contribution in [0.4, 0.5) is 4.79 Å². The molecule has 1 aromatic rings. The Morgan fingerprint density at radius 3 is 2.74 bits per heavy atom. The molecule has 0 bridgehead atoms. The van der Waals surface area contributed by atoms with E-state index in [2.05, 4.69) is 10.2 Å². The first-order chi connectivity index (χ1) is 10.7. The molecule has 2 rings (SSSR count). The summed E-state index contributed by atoms with van der Waals surface area (Å²) in [6.45, 7) is 8.70. The van der Waals surface area contributed by atoms with E-state index in [0.29, 0.717) is 23.9 Å². The van der Waals surface area contributed by atoms with Gasteiger partial charge in [0, 0.05) is 18.8 Å². The van der Waals surface area contributed by atoms with E-state index in [1.165, 1.54) is 0 Å². The summed E-state index contributed by atoms with van der Waals surface area (Å²) in [5.41, 5.74) is 0.309. The molecular weight excluding hydrogens is 314 g/mol. The van der Waals surface area contributed by atoms with Gasteiger partial charge in [-0.3, -0.25) is 4.21 Å². The lowest BCUT2D eigenvalue weighted by Gasteiger charge is -2.33. The van der Waals surface area contributed by atoms with Crippen LogP contribution in [0, 0.1) is 12.8 Å². The van der Waals surface area contributed by atoms with Crippen LogP contribution in [0.2, 0.25) is 0 Å². The zero-order chi connectivity index (χ0) is 17.0. The first-order valence-electron chi connectivity index (χ1n) is 7.91. The SMILES string of the molecule is Cc1ccc([S@@](=O)C[C@H]2CCCN(C(=O)OC(C)(C)C)C2)nn1. The largest absolute Gasteiger partial charge is 0.444 e. The molecule has 1 aliphatic heterocycles. The van der Waals surface area contributed by atoms with Crippen molar-refractivity contribution in [1.82, 2.24) is 15.1 Å². The van der Waals surface area contributed by atoms with Crippen molar-refractivity contribution in [3.05, 3.63) is 17.8 Å². The summed E-state index contributed by atoms with van der Waals surface area (Å²) in [5.74, 6) is 0.692. The zero-order valence-corrected chi connectivity index (χ0v) is 15.1. The monoisotopic (exact) mass is 339 g/mol. The minimum Gasteiger partial charge on any atom is -0.444 e. The first kappa shape index (κ1) is 17.8. The molecule has 1 amide bonds. The van der Waals surface area contributed by atoms with E-state index >= 15 is 0 Å². The molecule has 0 aromatic carbocycles. The van der Waals surface area contributed by atoms with Crippen molar-refractivity contribution in [3.63, 3.8) is 0 Å². The standard InChI is InChI=1S/C16H25N3O3S/c1-12-7-8-14(18-17-12)23(21)11-13-6-5-9-19(10-13)15(20)22-16(2,3)4/h7-8,13H,5-6,9-11H2,1-4H3/t13-,23-/m0/s1. The predicted octanol–water partition coefficient (Wildman–Crippen LogP) is 2.54. The van der Waals surface area contributed by atoms with Crippen LogP contribution in [0.15, 0.2) is 17.2 Å². The van der Waals surface area contributed by atoms with Gasteiger partial charge in [0.05, 0.1) is 16.5 Å². The van der Waals surface area contributed by atoms with Crippen molar-refractivity contribution in [2.24, 2.45) is 5.92 Å². The average molecular weight is 339 g/mol. The molecule has 2 heterocycles. The number of aryl methyl sites for hydroxylation is 1. The average Bonchev–Trinajstić information content (AvgIpc) is 2.46. The molecule has 128 valence electrons. The maximum atomic E-state index is 12.4. The third-order valence-electron chi connectivity index (χ3n) is 3.56. The van der Waals surface area contributed by atoms with E-state index in [1.54, 1.807) is 11.0 Å². The summed E-state index contributed by atoms with van der Waals surface area (Å²) in [6, 6.07) is 3.57. The van der Waals surface area contributed by atoms with Crippen LogP contribution >= 0.6 is 0 Å². The molecule has 2 atom stereocenters. The van der Waals surface area contributed by atoms with Crippen LogP contribution in [0.3, 0.4) is 0 Å². The number of ether oxygens (including phenoxy) is 1. The molecule has 0 aliphatic carbocycles. The predicted molar refractivity (Wildman–Crippen MR) is 88.6 cm³/mol. The molecule has 0 spiro atoms. The van der Waals surface area contributed by atoms with E-state index < -0.39 is 16.4 Å². The number of piperidine rings is 1. The van der Waals surface area contributed by atoms with Crippen molar-refractivity contribution in [3.8, 4) is 0 Å². The second-order valence-electron chi connectivity index (χ2n) is 6.96. The highest BCUT2D eigenvalue weighted by atomic mass is 32.2. The van der Waals surface area contributed by atoms with Gasteiger partial charge in [0.25, 0.3) is 0 Å². The fourth-order valence-corrected chi connectivity index (χ4v) is 3.72. The van der Waals surface area contributed by atoms with Crippen molar-refractivity contribution in [2.75, 3.05) is 18.8 Å². The van der Waals surface area contributed by atoms with Gasteiger partial charge in [0.1, 0.15) is 10.6 Å². The van der Waals surface area contributed by atoms with Crippen molar-refractivity contribution >= 4 is 16.9 Å². The Kier molecular flexibility index (Phi) is 5.73. The van der Waals surface area contributed by atoms with Crippen molar-refractivity contribution in [1.29, 1.82) is 0 Å². The number of hydrogen-bond acceptors (Lipinski definition) is 5. The molecule has 0 N–H and O–H groups in total. The minimum atomic E-state index is -1.19. The number of hydrogen-bond donors (Lipinski definition) is 0. The molecule has 0 radical (unpaired) electrons. The maximum Gasteiger partial charge on any atom is 0.410 e. The van der Waals surface area contributed by atoms with E-state index in [9.17, 15) is 9.00 Å². The highest BCUT2D eigenvalue weighted by Gasteiger charge is 2.28. The summed E-state index contributed by atoms with van der Waals surface area (Å²) in [7, 11) is -1.19. The Bertz CT molecular complexity index is 569. The van der Waals surface area contributed by atoms with E-state index in [1.807, 2.05) is 33.8 Å². The molecule has 6 nitrogen and oxygen atoms in total. The number of carbonyl (C=O) groups is 1. The van der Waals surface area contributed by atoms with Gasteiger partial charge in [0.2, 0.25) is 0 Å². The molecular formula is C16H25N3O3S.